The normalized spacial score (nSPS) is 14.1. The highest BCUT2D eigenvalue weighted by atomic mass is 16.4. The van der Waals surface area contributed by atoms with E-state index in [-0.39, 0.29) is 5.91 Å². The minimum absolute atomic E-state index is 0.132. The molecule has 1 N–H and O–H groups in total. The van der Waals surface area contributed by atoms with Crippen molar-refractivity contribution in [3.8, 4) is 0 Å². The number of para-hydroxylation sites is 2. The molecule has 0 aliphatic carbocycles. The first-order chi connectivity index (χ1) is 15.6. The minimum atomic E-state index is -0.132. The highest BCUT2D eigenvalue weighted by Gasteiger charge is 2.22. The van der Waals surface area contributed by atoms with Crippen LogP contribution in [0.15, 0.2) is 77.0 Å². The van der Waals surface area contributed by atoms with E-state index in [1.807, 2.05) is 43.3 Å². The molecular formula is C26H24N4O2. The SMILES string of the molecule is CC1=C(c2ccc(NC(=O)c3ccncc3C)cc2)CN(c2nc3ccccc3o2)CC1. The largest absolute Gasteiger partial charge is 0.423 e. The van der Waals surface area contributed by atoms with E-state index in [1.165, 1.54) is 11.1 Å². The third-order valence-corrected chi connectivity index (χ3v) is 5.93. The van der Waals surface area contributed by atoms with E-state index in [0.29, 0.717) is 11.6 Å². The van der Waals surface area contributed by atoms with Gasteiger partial charge in [0, 0.05) is 36.7 Å². The highest BCUT2D eigenvalue weighted by molar-refractivity contribution is 6.05. The Morgan fingerprint density at radius 3 is 2.66 bits per heavy atom. The number of oxazole rings is 1. The number of fused-ring (bicyclic) bond motifs is 1. The molecule has 0 unspecified atom stereocenters. The van der Waals surface area contributed by atoms with Gasteiger partial charge in [0.25, 0.3) is 11.9 Å². The van der Waals surface area contributed by atoms with Crippen molar-refractivity contribution in [1.82, 2.24) is 9.97 Å². The van der Waals surface area contributed by atoms with Gasteiger partial charge in [0.15, 0.2) is 5.58 Å². The van der Waals surface area contributed by atoms with Crippen LogP contribution in [-0.2, 0) is 0 Å². The summed E-state index contributed by atoms with van der Waals surface area (Å²) in [5.74, 6) is -0.132. The number of aromatic nitrogens is 2. The average molecular weight is 425 g/mol. The van der Waals surface area contributed by atoms with E-state index in [9.17, 15) is 4.79 Å². The number of pyridine rings is 1. The Balaban J connectivity index is 1.33. The summed E-state index contributed by atoms with van der Waals surface area (Å²) in [7, 11) is 0. The van der Waals surface area contributed by atoms with Gasteiger partial charge in [-0.3, -0.25) is 9.78 Å². The van der Waals surface area contributed by atoms with E-state index >= 15 is 0 Å². The zero-order valence-corrected chi connectivity index (χ0v) is 18.1. The lowest BCUT2D eigenvalue weighted by Gasteiger charge is -2.29. The predicted octanol–water partition coefficient (Wildman–Crippen LogP) is 5.47. The van der Waals surface area contributed by atoms with E-state index in [2.05, 4.69) is 39.2 Å². The van der Waals surface area contributed by atoms with Crippen LogP contribution in [0.2, 0.25) is 0 Å². The monoisotopic (exact) mass is 424 g/mol. The second-order valence-electron chi connectivity index (χ2n) is 8.12. The van der Waals surface area contributed by atoms with Crippen LogP contribution in [0.5, 0.6) is 0 Å². The number of nitrogens with one attached hydrogen (secondary N) is 1. The molecule has 1 aliphatic heterocycles. The van der Waals surface area contributed by atoms with Gasteiger partial charge in [-0.15, -0.1) is 0 Å². The van der Waals surface area contributed by atoms with Crippen LogP contribution < -0.4 is 10.2 Å². The standard InChI is InChI=1S/C26H24N4O2/c1-17-12-14-30(26-29-23-5-3-4-6-24(23)32-26)16-22(17)19-7-9-20(10-8-19)28-25(31)21-11-13-27-15-18(21)2/h3-11,13,15H,12,14,16H2,1-2H3,(H,28,31). The van der Waals surface area contributed by atoms with Crippen LogP contribution >= 0.6 is 0 Å². The molecule has 6 nitrogen and oxygen atoms in total. The Morgan fingerprint density at radius 2 is 1.88 bits per heavy atom. The van der Waals surface area contributed by atoms with Crippen LogP contribution in [0.3, 0.4) is 0 Å². The number of rotatable bonds is 4. The third kappa shape index (κ3) is 3.87. The number of hydrogen-bond acceptors (Lipinski definition) is 5. The number of anilines is 2. The van der Waals surface area contributed by atoms with Crippen molar-refractivity contribution in [2.75, 3.05) is 23.3 Å². The van der Waals surface area contributed by atoms with E-state index in [0.717, 1.165) is 47.4 Å². The van der Waals surface area contributed by atoms with Crippen LogP contribution in [0.1, 0.15) is 34.8 Å². The Bertz CT molecular complexity index is 1290. The summed E-state index contributed by atoms with van der Waals surface area (Å²) >= 11 is 0. The van der Waals surface area contributed by atoms with Gasteiger partial charge in [-0.2, -0.15) is 4.98 Å². The van der Waals surface area contributed by atoms with Gasteiger partial charge in [-0.1, -0.05) is 29.8 Å². The molecule has 0 bridgehead atoms. The molecule has 0 saturated heterocycles. The number of carbonyl (C=O) groups excluding carboxylic acids is 1. The van der Waals surface area contributed by atoms with Crippen LogP contribution in [0.4, 0.5) is 11.7 Å². The van der Waals surface area contributed by atoms with Crippen molar-refractivity contribution in [2.45, 2.75) is 20.3 Å². The highest BCUT2D eigenvalue weighted by Crippen LogP contribution is 2.31. The maximum atomic E-state index is 12.6. The fourth-order valence-corrected chi connectivity index (χ4v) is 4.04. The van der Waals surface area contributed by atoms with Crippen LogP contribution in [-0.4, -0.2) is 29.0 Å². The van der Waals surface area contributed by atoms with Crippen molar-refractivity contribution in [3.05, 3.63) is 89.3 Å². The molecule has 0 fully saturated rings. The number of aryl methyl sites for hydroxylation is 1. The summed E-state index contributed by atoms with van der Waals surface area (Å²) < 4.78 is 5.98. The summed E-state index contributed by atoms with van der Waals surface area (Å²) in [6.07, 6.45) is 4.28. The Kier molecular flexibility index (Phi) is 5.19. The molecule has 3 heterocycles. The van der Waals surface area contributed by atoms with Gasteiger partial charge in [-0.05, 0) is 67.3 Å². The molecule has 1 aliphatic rings. The van der Waals surface area contributed by atoms with Crippen molar-refractivity contribution in [2.24, 2.45) is 0 Å². The quantitative estimate of drug-likeness (QED) is 0.471. The lowest BCUT2D eigenvalue weighted by atomic mass is 9.95. The molecule has 32 heavy (non-hydrogen) atoms. The first kappa shape index (κ1) is 20.0. The Labute approximate surface area is 186 Å². The van der Waals surface area contributed by atoms with Crippen molar-refractivity contribution in [3.63, 3.8) is 0 Å². The summed E-state index contributed by atoms with van der Waals surface area (Å²) in [4.78, 5) is 23.5. The van der Waals surface area contributed by atoms with Crippen molar-refractivity contribution in [1.29, 1.82) is 0 Å². The maximum Gasteiger partial charge on any atom is 0.298 e. The summed E-state index contributed by atoms with van der Waals surface area (Å²) in [6, 6.07) is 18.2. The third-order valence-electron chi connectivity index (χ3n) is 5.93. The molecule has 0 saturated carbocycles. The number of benzene rings is 2. The molecule has 6 heteroatoms. The summed E-state index contributed by atoms with van der Waals surface area (Å²) in [5, 5.41) is 2.97. The minimum Gasteiger partial charge on any atom is -0.423 e. The molecule has 2 aromatic heterocycles. The smallest absolute Gasteiger partial charge is 0.298 e. The first-order valence-electron chi connectivity index (χ1n) is 10.7. The summed E-state index contributed by atoms with van der Waals surface area (Å²) in [5.41, 5.74) is 7.69. The second-order valence-corrected chi connectivity index (χ2v) is 8.12. The Hall–Kier alpha value is -3.93. The first-order valence-corrected chi connectivity index (χ1v) is 10.7. The predicted molar refractivity (Wildman–Crippen MR) is 127 cm³/mol. The van der Waals surface area contributed by atoms with Crippen molar-refractivity contribution < 1.29 is 9.21 Å². The summed E-state index contributed by atoms with van der Waals surface area (Å²) in [6.45, 7) is 5.68. The maximum absolute atomic E-state index is 12.6. The zero-order chi connectivity index (χ0) is 22.1. The zero-order valence-electron chi connectivity index (χ0n) is 18.1. The van der Waals surface area contributed by atoms with Gasteiger partial charge in [0.2, 0.25) is 0 Å². The molecule has 0 spiro atoms. The molecule has 0 atom stereocenters. The molecule has 1 amide bonds. The Morgan fingerprint density at radius 1 is 1.06 bits per heavy atom. The van der Waals surface area contributed by atoms with Gasteiger partial charge < -0.3 is 14.6 Å². The molecule has 0 radical (unpaired) electrons. The number of nitrogens with zero attached hydrogens (tertiary/aromatic N) is 3. The molecule has 4 aromatic rings. The fourth-order valence-electron chi connectivity index (χ4n) is 4.04. The lowest BCUT2D eigenvalue weighted by molar-refractivity contribution is 0.102. The molecule has 5 rings (SSSR count). The van der Waals surface area contributed by atoms with Gasteiger partial charge in [0.1, 0.15) is 5.52 Å². The van der Waals surface area contributed by atoms with E-state index < -0.39 is 0 Å². The van der Waals surface area contributed by atoms with Crippen molar-refractivity contribution >= 4 is 34.3 Å². The second kappa shape index (κ2) is 8.30. The topological polar surface area (TPSA) is 71.3 Å². The van der Waals surface area contributed by atoms with E-state index in [4.69, 9.17) is 4.42 Å². The van der Waals surface area contributed by atoms with Gasteiger partial charge in [-0.25, -0.2) is 0 Å². The van der Waals surface area contributed by atoms with Gasteiger partial charge in [0.05, 0.1) is 0 Å². The fraction of sp³-hybridized carbons (Fsp3) is 0.192. The van der Waals surface area contributed by atoms with E-state index in [1.54, 1.807) is 18.5 Å². The number of hydrogen-bond donors (Lipinski definition) is 1. The molecule has 160 valence electrons. The lowest BCUT2D eigenvalue weighted by Crippen LogP contribution is -2.31. The number of carbonyl (C=O) groups is 1. The number of amides is 1. The average Bonchev–Trinajstić information content (AvgIpc) is 3.24. The van der Waals surface area contributed by atoms with Gasteiger partial charge >= 0.3 is 0 Å². The molecule has 2 aromatic carbocycles. The van der Waals surface area contributed by atoms with Crippen LogP contribution in [0, 0.1) is 6.92 Å². The van der Waals surface area contributed by atoms with Crippen LogP contribution in [0.25, 0.3) is 16.7 Å². The molecular weight excluding hydrogens is 400 g/mol.